The molecule has 26 heavy (non-hydrogen) atoms. The molecule has 0 aliphatic heterocycles. The first-order valence-electron chi connectivity index (χ1n) is 9.15. The number of rotatable bonds is 6. The molecule has 0 aromatic heterocycles. The van der Waals surface area contributed by atoms with Crippen LogP contribution in [0.25, 0.3) is 0 Å². The van der Waals surface area contributed by atoms with Gasteiger partial charge in [-0.05, 0) is 50.2 Å². The predicted octanol–water partition coefficient (Wildman–Crippen LogP) is 3.14. The summed E-state index contributed by atoms with van der Waals surface area (Å²) in [5, 5.41) is 12.4. The largest absolute Gasteiger partial charge is 0.481 e. The van der Waals surface area contributed by atoms with Crippen molar-refractivity contribution >= 4 is 11.9 Å². The summed E-state index contributed by atoms with van der Waals surface area (Å²) in [5.41, 5.74) is 1.84. The Bertz CT molecular complexity index is 719. The highest BCUT2D eigenvalue weighted by atomic mass is 16.5. The number of carboxylic acid groups (broad SMARTS) is 1. The number of amides is 1. The number of carbonyl (C=O) groups excluding carboxylic acids is 1. The van der Waals surface area contributed by atoms with Crippen LogP contribution in [0.3, 0.4) is 0 Å². The molecule has 5 nitrogen and oxygen atoms in total. The molecule has 5 heteroatoms. The first-order chi connectivity index (χ1) is 12.2. The molecule has 4 atom stereocenters. The Labute approximate surface area is 154 Å². The van der Waals surface area contributed by atoms with Crippen molar-refractivity contribution in [2.24, 2.45) is 23.7 Å². The molecule has 1 fully saturated rings. The Kier molecular flexibility index (Phi) is 5.19. The molecule has 1 aromatic carbocycles. The van der Waals surface area contributed by atoms with Gasteiger partial charge in [0.25, 0.3) is 0 Å². The predicted molar refractivity (Wildman–Crippen MR) is 98.2 cm³/mol. The average molecular weight is 357 g/mol. The average Bonchev–Trinajstić information content (AvgIpc) is 3.19. The summed E-state index contributed by atoms with van der Waals surface area (Å²) in [6, 6.07) is 7.92. The molecule has 2 aliphatic carbocycles. The van der Waals surface area contributed by atoms with Crippen molar-refractivity contribution in [3.05, 3.63) is 47.5 Å². The summed E-state index contributed by atoms with van der Waals surface area (Å²) in [7, 11) is 0. The van der Waals surface area contributed by atoms with Crippen LogP contribution in [0, 0.1) is 23.7 Å². The Morgan fingerprint density at radius 2 is 1.81 bits per heavy atom. The van der Waals surface area contributed by atoms with Crippen LogP contribution in [0.1, 0.15) is 38.3 Å². The number of benzene rings is 1. The van der Waals surface area contributed by atoms with Crippen molar-refractivity contribution in [2.45, 2.75) is 45.9 Å². The number of fused-ring (bicyclic) bond motifs is 2. The smallest absolute Gasteiger partial charge is 0.307 e. The van der Waals surface area contributed by atoms with Crippen LogP contribution in [-0.4, -0.2) is 22.6 Å². The Morgan fingerprint density at radius 1 is 1.15 bits per heavy atom. The molecule has 3 rings (SSSR count). The SMILES string of the molecule is CC(C)(C)OCc1cccc(CNC(=O)C2C3C=CC(C3)C2C(=O)O)c1. The summed E-state index contributed by atoms with van der Waals surface area (Å²) in [4.78, 5) is 24.2. The normalized spacial score (nSPS) is 26.9. The van der Waals surface area contributed by atoms with E-state index in [2.05, 4.69) is 5.32 Å². The van der Waals surface area contributed by atoms with Gasteiger partial charge in [-0.2, -0.15) is 0 Å². The molecular weight excluding hydrogens is 330 g/mol. The second-order valence-electron chi connectivity index (χ2n) is 8.28. The maximum absolute atomic E-state index is 12.6. The number of nitrogens with one attached hydrogen (secondary N) is 1. The van der Waals surface area contributed by atoms with Crippen molar-refractivity contribution < 1.29 is 19.4 Å². The quantitative estimate of drug-likeness (QED) is 0.767. The maximum Gasteiger partial charge on any atom is 0.307 e. The number of ether oxygens (including phenoxy) is 1. The van der Waals surface area contributed by atoms with Gasteiger partial charge in [-0.1, -0.05) is 36.4 Å². The van der Waals surface area contributed by atoms with Crippen LogP contribution in [0.5, 0.6) is 0 Å². The number of carbonyl (C=O) groups is 2. The van der Waals surface area contributed by atoms with Gasteiger partial charge < -0.3 is 15.2 Å². The van der Waals surface area contributed by atoms with E-state index in [1.54, 1.807) is 0 Å². The molecule has 0 radical (unpaired) electrons. The zero-order valence-corrected chi connectivity index (χ0v) is 15.6. The van der Waals surface area contributed by atoms with E-state index in [1.165, 1.54) is 0 Å². The molecule has 4 unspecified atom stereocenters. The van der Waals surface area contributed by atoms with Gasteiger partial charge in [0, 0.05) is 6.54 Å². The summed E-state index contributed by atoms with van der Waals surface area (Å²) in [6.07, 6.45) is 4.72. The standard InChI is InChI=1S/C21H27NO4/c1-21(2,3)26-12-14-6-4-5-13(9-14)11-22-19(23)17-15-7-8-16(10-15)18(17)20(24)25/h4-9,15-18H,10-12H2,1-3H3,(H,22,23)(H,24,25). The molecule has 2 aliphatic rings. The Morgan fingerprint density at radius 3 is 2.46 bits per heavy atom. The molecule has 2 N–H and O–H groups in total. The van der Waals surface area contributed by atoms with Crippen LogP contribution in [0.4, 0.5) is 0 Å². The number of aliphatic carboxylic acids is 1. The van der Waals surface area contributed by atoms with Gasteiger partial charge in [-0.3, -0.25) is 9.59 Å². The van der Waals surface area contributed by atoms with Crippen molar-refractivity contribution in [1.29, 1.82) is 0 Å². The Hall–Kier alpha value is -2.14. The van der Waals surface area contributed by atoms with Crippen LogP contribution in [0.15, 0.2) is 36.4 Å². The van der Waals surface area contributed by atoms with Crippen molar-refractivity contribution in [3.63, 3.8) is 0 Å². The summed E-state index contributed by atoms with van der Waals surface area (Å²) < 4.78 is 5.79. The third-order valence-corrected chi connectivity index (χ3v) is 5.18. The van der Waals surface area contributed by atoms with E-state index in [0.717, 1.165) is 17.5 Å². The van der Waals surface area contributed by atoms with Gasteiger partial charge in [0.1, 0.15) is 0 Å². The summed E-state index contributed by atoms with van der Waals surface area (Å²) in [6.45, 7) is 6.95. The first kappa shape index (κ1) is 18.6. The molecule has 140 valence electrons. The van der Waals surface area contributed by atoms with E-state index < -0.39 is 17.8 Å². The van der Waals surface area contributed by atoms with Gasteiger partial charge in [0.15, 0.2) is 0 Å². The molecule has 0 heterocycles. The van der Waals surface area contributed by atoms with Crippen LogP contribution >= 0.6 is 0 Å². The molecule has 1 saturated carbocycles. The van der Waals surface area contributed by atoms with Gasteiger partial charge in [0.05, 0.1) is 24.0 Å². The number of hydrogen-bond acceptors (Lipinski definition) is 3. The van der Waals surface area contributed by atoms with E-state index in [0.29, 0.717) is 13.2 Å². The van der Waals surface area contributed by atoms with Crippen LogP contribution in [0.2, 0.25) is 0 Å². The van der Waals surface area contributed by atoms with Gasteiger partial charge >= 0.3 is 5.97 Å². The minimum Gasteiger partial charge on any atom is -0.481 e. The first-order valence-corrected chi connectivity index (χ1v) is 9.15. The molecule has 2 bridgehead atoms. The highest BCUT2D eigenvalue weighted by Crippen LogP contribution is 2.48. The van der Waals surface area contributed by atoms with Crippen molar-refractivity contribution in [3.8, 4) is 0 Å². The number of hydrogen-bond donors (Lipinski definition) is 2. The lowest BCUT2D eigenvalue weighted by Crippen LogP contribution is -2.39. The molecule has 1 amide bonds. The third kappa shape index (κ3) is 4.15. The number of carboxylic acids is 1. The fraction of sp³-hybridized carbons (Fsp3) is 0.524. The lowest BCUT2D eigenvalue weighted by molar-refractivity contribution is -0.147. The topological polar surface area (TPSA) is 75.6 Å². The molecule has 1 aromatic rings. The maximum atomic E-state index is 12.6. The fourth-order valence-electron chi connectivity index (χ4n) is 3.95. The summed E-state index contributed by atoms with van der Waals surface area (Å²) in [5.74, 6) is -2.06. The van der Waals surface area contributed by atoms with Crippen LogP contribution < -0.4 is 5.32 Å². The van der Waals surface area contributed by atoms with E-state index in [4.69, 9.17) is 4.74 Å². The zero-order valence-electron chi connectivity index (χ0n) is 15.6. The van der Waals surface area contributed by atoms with Crippen molar-refractivity contribution in [2.75, 3.05) is 0 Å². The van der Waals surface area contributed by atoms with E-state index in [-0.39, 0.29) is 23.3 Å². The third-order valence-electron chi connectivity index (χ3n) is 5.18. The Balaban J connectivity index is 1.60. The lowest BCUT2D eigenvalue weighted by Gasteiger charge is -2.24. The molecular formula is C21H27NO4. The van der Waals surface area contributed by atoms with E-state index in [9.17, 15) is 14.7 Å². The minimum atomic E-state index is -0.872. The highest BCUT2D eigenvalue weighted by Gasteiger charge is 2.51. The zero-order chi connectivity index (χ0) is 18.9. The minimum absolute atomic E-state index is 0.00822. The van der Waals surface area contributed by atoms with Gasteiger partial charge in [-0.15, -0.1) is 0 Å². The van der Waals surface area contributed by atoms with Crippen LogP contribution in [-0.2, 0) is 27.5 Å². The van der Waals surface area contributed by atoms with Crippen molar-refractivity contribution in [1.82, 2.24) is 5.32 Å². The monoisotopic (exact) mass is 357 g/mol. The fourth-order valence-corrected chi connectivity index (χ4v) is 3.95. The molecule has 0 spiro atoms. The second-order valence-corrected chi connectivity index (χ2v) is 8.28. The second kappa shape index (κ2) is 7.23. The van der Waals surface area contributed by atoms with Gasteiger partial charge in [0.2, 0.25) is 5.91 Å². The van der Waals surface area contributed by atoms with E-state index in [1.807, 2.05) is 57.2 Å². The summed E-state index contributed by atoms with van der Waals surface area (Å²) >= 11 is 0. The number of allylic oxidation sites excluding steroid dienone is 2. The lowest BCUT2D eigenvalue weighted by atomic mass is 9.82. The molecule has 0 saturated heterocycles. The highest BCUT2D eigenvalue weighted by molar-refractivity contribution is 5.86. The van der Waals surface area contributed by atoms with E-state index >= 15 is 0 Å². The van der Waals surface area contributed by atoms with Gasteiger partial charge in [-0.25, -0.2) is 0 Å².